The molecule has 0 saturated heterocycles. The Hall–Kier alpha value is -2.80. The first kappa shape index (κ1) is 26.5. The molecule has 1 aromatic rings. The first-order chi connectivity index (χ1) is 15.7. The lowest BCUT2D eigenvalue weighted by Crippen LogP contribution is -2.55. The van der Waals surface area contributed by atoms with E-state index >= 15 is 0 Å². The minimum atomic E-state index is -4.53. The summed E-state index contributed by atoms with van der Waals surface area (Å²) < 4.78 is 32.8. The number of aliphatic hydroxyl groups excluding tert-OH is 1. The molecule has 0 bridgehead atoms. The molecule has 2 atom stereocenters. The summed E-state index contributed by atoms with van der Waals surface area (Å²) >= 11 is 0. The first-order valence-electron chi connectivity index (χ1n) is 10.4. The van der Waals surface area contributed by atoms with Crippen molar-refractivity contribution in [2.45, 2.75) is 43.7 Å². The Bertz CT molecular complexity index is 995. The number of nitro benzene ring substituents is 1. The van der Waals surface area contributed by atoms with E-state index in [-0.39, 0.29) is 26.4 Å². The van der Waals surface area contributed by atoms with Gasteiger partial charge in [0.2, 0.25) is 0 Å². The van der Waals surface area contributed by atoms with Gasteiger partial charge in [-0.2, -0.15) is 0 Å². The molecule has 1 heterocycles. The van der Waals surface area contributed by atoms with Gasteiger partial charge in [-0.25, -0.2) is 13.2 Å². The Balaban J connectivity index is 2.48. The van der Waals surface area contributed by atoms with Crippen LogP contribution in [0.15, 0.2) is 53.5 Å². The predicted molar refractivity (Wildman–Crippen MR) is 120 cm³/mol. The maximum atomic E-state index is 13.5. The SMILES string of the molecule is C=CCON(C1C=C(C)C(CO)N(C(=O)OCCCC)C1)S(=O)(=O)c1ccccc1[N+](=O)[O-]. The zero-order chi connectivity index (χ0) is 24.6. The van der Waals surface area contributed by atoms with Crippen molar-refractivity contribution in [3.05, 3.63) is 58.7 Å². The number of aliphatic hydroxyl groups is 1. The van der Waals surface area contributed by atoms with Gasteiger partial charge in [0.05, 0.1) is 36.8 Å². The van der Waals surface area contributed by atoms with Gasteiger partial charge in [-0.1, -0.05) is 47.7 Å². The second kappa shape index (κ2) is 11.9. The molecule has 0 fully saturated rings. The number of hydrogen-bond donors (Lipinski definition) is 1. The number of carbonyl (C=O) groups excluding carboxylic acids is 1. The molecule has 182 valence electrons. The van der Waals surface area contributed by atoms with Crippen LogP contribution in [0.25, 0.3) is 0 Å². The molecule has 0 saturated carbocycles. The van der Waals surface area contributed by atoms with Crippen molar-refractivity contribution in [1.82, 2.24) is 9.37 Å². The number of hydrogen-bond acceptors (Lipinski definition) is 8. The fourth-order valence-corrected chi connectivity index (χ4v) is 4.93. The minimum Gasteiger partial charge on any atom is -0.449 e. The summed E-state index contributed by atoms with van der Waals surface area (Å²) in [5, 5.41) is 21.3. The molecule has 0 spiro atoms. The first-order valence-corrected chi connectivity index (χ1v) is 11.9. The molecule has 2 rings (SSSR count). The topological polar surface area (TPSA) is 140 Å². The van der Waals surface area contributed by atoms with Gasteiger partial charge in [0.1, 0.15) is 0 Å². The average molecular weight is 484 g/mol. The summed E-state index contributed by atoms with van der Waals surface area (Å²) in [7, 11) is -4.53. The summed E-state index contributed by atoms with van der Waals surface area (Å²) in [6.07, 6.45) is 3.64. The number of sulfonamides is 1. The van der Waals surface area contributed by atoms with Crippen molar-refractivity contribution in [2.24, 2.45) is 0 Å². The van der Waals surface area contributed by atoms with E-state index in [4.69, 9.17) is 9.57 Å². The van der Waals surface area contributed by atoms with Gasteiger partial charge in [-0.3, -0.25) is 19.9 Å². The van der Waals surface area contributed by atoms with Gasteiger partial charge in [0.25, 0.3) is 15.7 Å². The van der Waals surface area contributed by atoms with Crippen LogP contribution in [0, 0.1) is 10.1 Å². The van der Waals surface area contributed by atoms with Crippen LogP contribution in [-0.2, 0) is 19.6 Å². The molecule has 1 aliphatic rings. The summed E-state index contributed by atoms with van der Waals surface area (Å²) in [6, 6.07) is 3.19. The van der Waals surface area contributed by atoms with E-state index in [0.717, 1.165) is 18.6 Å². The highest BCUT2D eigenvalue weighted by atomic mass is 32.2. The number of rotatable bonds is 11. The number of nitrogens with zero attached hydrogens (tertiary/aromatic N) is 3. The smallest absolute Gasteiger partial charge is 0.410 e. The van der Waals surface area contributed by atoms with Gasteiger partial charge < -0.3 is 9.84 Å². The maximum Gasteiger partial charge on any atom is 0.410 e. The van der Waals surface area contributed by atoms with E-state index in [1.165, 1.54) is 23.1 Å². The number of nitro groups is 1. The monoisotopic (exact) mass is 483 g/mol. The predicted octanol–water partition coefficient (Wildman–Crippen LogP) is 2.63. The number of para-hydroxylation sites is 1. The molecule has 33 heavy (non-hydrogen) atoms. The van der Waals surface area contributed by atoms with Crippen LogP contribution < -0.4 is 0 Å². The molecule has 0 aliphatic carbocycles. The van der Waals surface area contributed by atoms with E-state index in [1.54, 1.807) is 13.0 Å². The number of hydroxylamine groups is 1. The summed E-state index contributed by atoms with van der Waals surface area (Å²) in [5.41, 5.74) is -0.0866. The second-order valence-corrected chi connectivity index (χ2v) is 9.12. The highest BCUT2D eigenvalue weighted by Crippen LogP contribution is 2.30. The molecular formula is C21H29N3O8S. The Morgan fingerprint density at radius 2 is 2.12 bits per heavy atom. The van der Waals surface area contributed by atoms with Crippen molar-refractivity contribution < 1.29 is 32.8 Å². The molecule has 1 amide bonds. The molecule has 1 aliphatic heterocycles. The van der Waals surface area contributed by atoms with Crippen LogP contribution >= 0.6 is 0 Å². The molecule has 0 aromatic heterocycles. The van der Waals surface area contributed by atoms with Crippen LogP contribution in [0.3, 0.4) is 0 Å². The standard InChI is InChI=1S/C21H29N3O8S/c1-4-6-12-31-21(26)22-14-17(13-16(3)19(22)15-25)24(32-11-5-2)33(29,30)20-10-8-7-9-18(20)23(27)28/h5,7-10,13,17,19,25H,2,4,6,11-12,14-15H2,1,3H3. The third kappa shape index (κ3) is 6.16. The van der Waals surface area contributed by atoms with Crippen molar-refractivity contribution in [3.63, 3.8) is 0 Å². The molecule has 1 N–H and O–H groups in total. The molecule has 11 nitrogen and oxygen atoms in total. The van der Waals surface area contributed by atoms with Crippen molar-refractivity contribution in [1.29, 1.82) is 0 Å². The fraction of sp³-hybridized carbons (Fsp3) is 0.476. The van der Waals surface area contributed by atoms with Crippen molar-refractivity contribution in [2.75, 3.05) is 26.4 Å². The van der Waals surface area contributed by atoms with E-state index < -0.39 is 43.7 Å². The minimum absolute atomic E-state index is 0.183. The Kier molecular flexibility index (Phi) is 9.53. The van der Waals surface area contributed by atoms with Crippen LogP contribution in [0.2, 0.25) is 0 Å². The Morgan fingerprint density at radius 3 is 2.73 bits per heavy atom. The highest BCUT2D eigenvalue weighted by Gasteiger charge is 2.41. The van der Waals surface area contributed by atoms with Crippen LogP contribution in [0.4, 0.5) is 10.5 Å². The third-order valence-corrected chi connectivity index (χ3v) is 6.79. The number of ether oxygens (including phenoxy) is 1. The summed E-state index contributed by atoms with van der Waals surface area (Å²) in [4.78, 5) is 29.5. The summed E-state index contributed by atoms with van der Waals surface area (Å²) in [6.45, 7) is 6.50. The van der Waals surface area contributed by atoms with E-state index in [2.05, 4.69) is 6.58 Å². The molecule has 2 unspecified atom stereocenters. The Labute approximate surface area is 193 Å². The number of carbonyl (C=O) groups is 1. The summed E-state index contributed by atoms with van der Waals surface area (Å²) in [5.74, 6) is 0. The van der Waals surface area contributed by atoms with Crippen molar-refractivity contribution in [3.8, 4) is 0 Å². The molecule has 1 aromatic carbocycles. The maximum absolute atomic E-state index is 13.5. The largest absolute Gasteiger partial charge is 0.449 e. The molecule has 0 radical (unpaired) electrons. The van der Waals surface area contributed by atoms with Crippen LogP contribution in [-0.4, -0.2) is 72.4 Å². The number of benzene rings is 1. The zero-order valence-corrected chi connectivity index (χ0v) is 19.4. The quantitative estimate of drug-likeness (QED) is 0.219. The third-order valence-electron chi connectivity index (χ3n) is 5.04. The lowest BCUT2D eigenvalue weighted by molar-refractivity contribution is -0.387. The Morgan fingerprint density at radius 1 is 1.42 bits per heavy atom. The normalized spacial score (nSPS) is 18.7. The van der Waals surface area contributed by atoms with Gasteiger partial charge >= 0.3 is 6.09 Å². The van der Waals surface area contributed by atoms with E-state index in [1.807, 2.05) is 6.92 Å². The van der Waals surface area contributed by atoms with Gasteiger partial charge in [-0.15, -0.1) is 6.58 Å². The highest BCUT2D eigenvalue weighted by molar-refractivity contribution is 7.89. The van der Waals surface area contributed by atoms with Gasteiger partial charge in [0, 0.05) is 12.6 Å². The van der Waals surface area contributed by atoms with Gasteiger partial charge in [-0.05, 0) is 19.4 Å². The lowest BCUT2D eigenvalue weighted by Gasteiger charge is -2.39. The molecular weight excluding hydrogens is 454 g/mol. The van der Waals surface area contributed by atoms with E-state index in [9.17, 15) is 28.4 Å². The van der Waals surface area contributed by atoms with Crippen LogP contribution in [0.1, 0.15) is 26.7 Å². The lowest BCUT2D eigenvalue weighted by atomic mass is 10.00. The van der Waals surface area contributed by atoms with Gasteiger partial charge in [0.15, 0.2) is 4.90 Å². The van der Waals surface area contributed by atoms with Crippen LogP contribution in [0.5, 0.6) is 0 Å². The average Bonchev–Trinajstić information content (AvgIpc) is 2.78. The zero-order valence-electron chi connectivity index (χ0n) is 18.6. The molecule has 12 heteroatoms. The van der Waals surface area contributed by atoms with Crippen molar-refractivity contribution >= 4 is 21.8 Å². The second-order valence-electron chi connectivity index (χ2n) is 7.37. The fourth-order valence-electron chi connectivity index (χ4n) is 3.39. The number of amides is 1. The number of unbranched alkanes of at least 4 members (excludes halogenated alkanes) is 1. The van der Waals surface area contributed by atoms with E-state index in [0.29, 0.717) is 16.5 Å².